The van der Waals surface area contributed by atoms with Crippen molar-refractivity contribution in [2.45, 2.75) is 0 Å². The van der Waals surface area contributed by atoms with Crippen LogP contribution in [0.2, 0.25) is 0 Å². The topological polar surface area (TPSA) is 86.0 Å². The number of hydrogen-bond donors (Lipinski definition) is 2. The Balaban J connectivity index is 1.86. The maximum absolute atomic E-state index is 12.2. The number of aromatic hydroxyl groups is 1. The zero-order valence-electron chi connectivity index (χ0n) is 12.6. The number of anilines is 1. The minimum atomic E-state index is -0.529. The molecule has 5 nitrogen and oxygen atoms in total. The minimum Gasteiger partial charge on any atom is -0.508 e. The predicted molar refractivity (Wildman–Crippen MR) is 92.1 cm³/mol. The van der Waals surface area contributed by atoms with Gasteiger partial charge in [-0.05, 0) is 41.8 Å². The van der Waals surface area contributed by atoms with Gasteiger partial charge < -0.3 is 10.4 Å². The highest BCUT2D eigenvalue weighted by atomic mass is 16.3. The predicted octanol–water partition coefficient (Wildman–Crippen LogP) is 3.49. The highest BCUT2D eigenvalue weighted by Gasteiger charge is 2.10. The molecule has 0 aliphatic carbocycles. The first kappa shape index (κ1) is 15.3. The van der Waals surface area contributed by atoms with Crippen LogP contribution < -0.4 is 5.32 Å². The van der Waals surface area contributed by atoms with Gasteiger partial charge in [0.05, 0.1) is 5.69 Å². The number of rotatable bonds is 3. The molecule has 0 unspecified atom stereocenters. The van der Waals surface area contributed by atoms with Gasteiger partial charge in [-0.2, -0.15) is 5.26 Å². The van der Waals surface area contributed by atoms with Crippen LogP contribution in [0, 0.1) is 11.3 Å². The minimum absolute atomic E-state index is 0.0501. The number of amides is 1. The van der Waals surface area contributed by atoms with Crippen LogP contribution in [0.3, 0.4) is 0 Å². The van der Waals surface area contributed by atoms with Gasteiger partial charge >= 0.3 is 0 Å². The van der Waals surface area contributed by atoms with Gasteiger partial charge in [0.25, 0.3) is 5.91 Å². The first-order valence-electron chi connectivity index (χ1n) is 7.23. The van der Waals surface area contributed by atoms with E-state index in [-0.39, 0.29) is 11.3 Å². The van der Waals surface area contributed by atoms with Crippen molar-refractivity contribution >= 4 is 28.4 Å². The van der Waals surface area contributed by atoms with Crippen LogP contribution >= 0.6 is 0 Å². The molecule has 0 saturated heterocycles. The summed E-state index contributed by atoms with van der Waals surface area (Å²) in [7, 11) is 0. The Hall–Kier alpha value is -3.65. The van der Waals surface area contributed by atoms with E-state index in [1.165, 1.54) is 18.2 Å². The average molecular weight is 315 g/mol. The second-order valence-electron chi connectivity index (χ2n) is 5.13. The molecule has 2 N–H and O–H groups in total. The quantitative estimate of drug-likeness (QED) is 0.440. The molecule has 3 aromatic rings. The summed E-state index contributed by atoms with van der Waals surface area (Å²) in [5.74, 6) is -0.428. The summed E-state index contributed by atoms with van der Waals surface area (Å²) in [5, 5.41) is 23.1. The second-order valence-corrected chi connectivity index (χ2v) is 5.13. The van der Waals surface area contributed by atoms with E-state index in [1.807, 2.05) is 36.4 Å². The van der Waals surface area contributed by atoms with Crippen molar-refractivity contribution in [3.63, 3.8) is 0 Å². The third kappa shape index (κ3) is 3.39. The highest BCUT2D eigenvalue weighted by molar-refractivity contribution is 6.09. The van der Waals surface area contributed by atoms with Crippen LogP contribution in [0.25, 0.3) is 16.8 Å². The molecular formula is C19H13N3O2. The number of carbonyl (C=O) groups excluding carboxylic acids is 1. The molecule has 3 rings (SSSR count). The number of phenols is 1. The lowest BCUT2D eigenvalue weighted by Crippen LogP contribution is -2.13. The van der Waals surface area contributed by atoms with Crippen molar-refractivity contribution in [1.82, 2.24) is 4.98 Å². The number of hydrogen-bond acceptors (Lipinski definition) is 4. The van der Waals surface area contributed by atoms with E-state index in [0.29, 0.717) is 11.4 Å². The summed E-state index contributed by atoms with van der Waals surface area (Å²) in [6.45, 7) is 0. The summed E-state index contributed by atoms with van der Waals surface area (Å²) in [5.41, 5.74) is 0.974. The van der Waals surface area contributed by atoms with Gasteiger partial charge in [0, 0.05) is 17.3 Å². The number of carbonyl (C=O) groups is 1. The maximum atomic E-state index is 12.2. The van der Waals surface area contributed by atoms with Crippen LogP contribution in [0.5, 0.6) is 5.75 Å². The van der Waals surface area contributed by atoms with Crippen molar-refractivity contribution in [3.8, 4) is 11.8 Å². The largest absolute Gasteiger partial charge is 0.508 e. The Morgan fingerprint density at radius 3 is 2.54 bits per heavy atom. The molecule has 1 heterocycles. The summed E-state index contributed by atoms with van der Waals surface area (Å²) in [6, 6.07) is 17.4. The molecular weight excluding hydrogens is 302 g/mol. The zero-order valence-corrected chi connectivity index (χ0v) is 12.6. The van der Waals surface area contributed by atoms with Gasteiger partial charge in [0.2, 0.25) is 0 Å². The number of nitriles is 1. The van der Waals surface area contributed by atoms with Crippen molar-refractivity contribution in [3.05, 3.63) is 72.1 Å². The van der Waals surface area contributed by atoms with Gasteiger partial charge in [-0.3, -0.25) is 9.78 Å². The average Bonchev–Trinajstić information content (AvgIpc) is 2.61. The van der Waals surface area contributed by atoms with Crippen molar-refractivity contribution in [2.75, 3.05) is 5.32 Å². The van der Waals surface area contributed by atoms with Crippen molar-refractivity contribution in [2.24, 2.45) is 0 Å². The van der Waals surface area contributed by atoms with Gasteiger partial charge in [-0.15, -0.1) is 0 Å². The molecule has 116 valence electrons. The summed E-state index contributed by atoms with van der Waals surface area (Å²) < 4.78 is 0. The number of benzene rings is 2. The molecule has 0 bridgehead atoms. The Bertz CT molecular complexity index is 970. The monoisotopic (exact) mass is 315 g/mol. The van der Waals surface area contributed by atoms with Gasteiger partial charge in [-0.25, -0.2) is 0 Å². The fourth-order valence-corrected chi connectivity index (χ4v) is 2.22. The lowest BCUT2D eigenvalue weighted by Gasteiger charge is -2.04. The van der Waals surface area contributed by atoms with E-state index in [9.17, 15) is 15.2 Å². The molecule has 0 aliphatic heterocycles. The molecule has 0 saturated carbocycles. The number of nitrogens with zero attached hydrogens (tertiary/aromatic N) is 2. The molecule has 5 heteroatoms. The fraction of sp³-hybridized carbons (Fsp3) is 0. The normalized spacial score (nSPS) is 11.0. The van der Waals surface area contributed by atoms with Crippen LogP contribution in [0.15, 0.2) is 66.4 Å². The number of fused-ring (bicyclic) bond motifs is 1. The maximum Gasteiger partial charge on any atom is 0.266 e. The standard InChI is InChI=1S/C19H13N3O2/c20-11-15(19(24)22-16-5-7-18(23)8-6-16)10-17-9-13-3-1-2-4-14(13)12-21-17/h1-10,12,23H,(H,22,24). The van der Waals surface area contributed by atoms with Crippen molar-refractivity contribution in [1.29, 1.82) is 5.26 Å². The van der Waals surface area contributed by atoms with Crippen LogP contribution in [0.4, 0.5) is 5.69 Å². The van der Waals surface area contributed by atoms with E-state index < -0.39 is 5.91 Å². The smallest absolute Gasteiger partial charge is 0.266 e. The molecule has 0 aliphatic rings. The molecule has 0 atom stereocenters. The van der Waals surface area contributed by atoms with Crippen LogP contribution in [-0.2, 0) is 4.79 Å². The van der Waals surface area contributed by atoms with Gasteiger partial charge in [-0.1, -0.05) is 24.3 Å². The third-order valence-corrected chi connectivity index (χ3v) is 3.43. The molecule has 2 aromatic carbocycles. The zero-order chi connectivity index (χ0) is 16.9. The van der Waals surface area contributed by atoms with E-state index >= 15 is 0 Å². The lowest BCUT2D eigenvalue weighted by atomic mass is 10.1. The summed E-state index contributed by atoms with van der Waals surface area (Å²) in [4.78, 5) is 16.5. The van der Waals surface area contributed by atoms with E-state index in [2.05, 4.69) is 10.3 Å². The van der Waals surface area contributed by atoms with Gasteiger partial charge in [0.15, 0.2) is 0 Å². The molecule has 0 spiro atoms. The molecule has 0 radical (unpaired) electrons. The molecule has 1 amide bonds. The van der Waals surface area contributed by atoms with Crippen LogP contribution in [0.1, 0.15) is 5.69 Å². The third-order valence-electron chi connectivity index (χ3n) is 3.43. The first-order valence-corrected chi connectivity index (χ1v) is 7.23. The number of phenolic OH excluding ortho intramolecular Hbond substituents is 1. The number of aromatic nitrogens is 1. The van der Waals surface area contributed by atoms with E-state index in [1.54, 1.807) is 18.3 Å². The van der Waals surface area contributed by atoms with Crippen molar-refractivity contribution < 1.29 is 9.90 Å². The number of nitrogens with one attached hydrogen (secondary N) is 1. The summed E-state index contributed by atoms with van der Waals surface area (Å²) in [6.07, 6.45) is 3.15. The molecule has 1 aromatic heterocycles. The Labute approximate surface area is 138 Å². The fourth-order valence-electron chi connectivity index (χ4n) is 2.22. The second kappa shape index (κ2) is 6.63. The SMILES string of the molecule is N#CC(=Cc1cc2ccccc2cn1)C(=O)Nc1ccc(O)cc1. The van der Waals surface area contributed by atoms with Crippen LogP contribution in [-0.4, -0.2) is 16.0 Å². The molecule has 24 heavy (non-hydrogen) atoms. The van der Waals surface area contributed by atoms with E-state index in [0.717, 1.165) is 10.8 Å². The first-order chi connectivity index (χ1) is 11.7. The number of pyridine rings is 1. The summed E-state index contributed by atoms with van der Waals surface area (Å²) >= 11 is 0. The lowest BCUT2D eigenvalue weighted by molar-refractivity contribution is -0.112. The van der Waals surface area contributed by atoms with Gasteiger partial charge in [0.1, 0.15) is 17.4 Å². The Kier molecular flexibility index (Phi) is 4.21. The highest BCUT2D eigenvalue weighted by Crippen LogP contribution is 2.17. The Morgan fingerprint density at radius 1 is 1.12 bits per heavy atom. The Morgan fingerprint density at radius 2 is 1.83 bits per heavy atom. The van der Waals surface area contributed by atoms with E-state index in [4.69, 9.17) is 0 Å². The molecule has 0 fully saturated rings.